The van der Waals surface area contributed by atoms with Crippen LogP contribution in [-0.2, 0) is 29.0 Å². The lowest BCUT2D eigenvalue weighted by Crippen LogP contribution is -2.18. The summed E-state index contributed by atoms with van der Waals surface area (Å²) in [5.74, 6) is 1.24. The van der Waals surface area contributed by atoms with Crippen molar-refractivity contribution in [2.24, 2.45) is 0 Å². The molecule has 2 aromatic carbocycles. The highest BCUT2D eigenvalue weighted by molar-refractivity contribution is 6.06. The van der Waals surface area contributed by atoms with Crippen LogP contribution in [0.1, 0.15) is 17.8 Å². The monoisotopic (exact) mass is 493 g/mol. The number of methoxy groups -OCH3 is 2. The lowest BCUT2D eigenvalue weighted by Gasteiger charge is -2.15. The normalized spacial score (nSPS) is 11.3. The van der Waals surface area contributed by atoms with Crippen molar-refractivity contribution in [2.45, 2.75) is 25.9 Å². The molecule has 2 heterocycles. The first kappa shape index (κ1) is 25.2. The first-order valence-electron chi connectivity index (χ1n) is 11.8. The van der Waals surface area contributed by atoms with E-state index in [0.717, 1.165) is 52.8 Å². The van der Waals surface area contributed by atoms with Crippen LogP contribution in [0.25, 0.3) is 21.9 Å². The van der Waals surface area contributed by atoms with Gasteiger partial charge >= 0.3 is 5.97 Å². The first-order valence-corrected chi connectivity index (χ1v) is 11.8. The van der Waals surface area contributed by atoms with Gasteiger partial charge in [-0.1, -0.05) is 30.3 Å². The largest absolute Gasteiger partial charge is 0.493 e. The van der Waals surface area contributed by atoms with Crippen molar-refractivity contribution in [3.63, 3.8) is 0 Å². The van der Waals surface area contributed by atoms with Crippen molar-refractivity contribution >= 4 is 33.7 Å². The van der Waals surface area contributed by atoms with Gasteiger partial charge in [0.15, 0.2) is 23.9 Å². The number of pyridine rings is 1. The lowest BCUT2D eigenvalue weighted by atomic mass is 10.1. The second-order valence-electron chi connectivity index (χ2n) is 8.30. The molecule has 2 aromatic heterocycles. The Morgan fingerprint density at radius 2 is 1.97 bits per heavy atom. The molecule has 4 rings (SSSR count). The van der Waals surface area contributed by atoms with E-state index in [1.165, 1.54) is 0 Å². The fourth-order valence-electron chi connectivity index (χ4n) is 4.30. The Kier molecular flexibility index (Phi) is 8.19. The van der Waals surface area contributed by atoms with E-state index in [-0.39, 0.29) is 0 Å². The van der Waals surface area contributed by atoms with Gasteiger partial charge in [0, 0.05) is 37.6 Å². The van der Waals surface area contributed by atoms with E-state index in [2.05, 4.69) is 14.9 Å². The fourth-order valence-corrected chi connectivity index (χ4v) is 4.30. The van der Waals surface area contributed by atoms with Crippen molar-refractivity contribution in [3.05, 3.63) is 53.9 Å². The van der Waals surface area contributed by atoms with Crippen LogP contribution in [0.2, 0.25) is 0 Å². The third kappa shape index (κ3) is 5.50. The van der Waals surface area contributed by atoms with Crippen molar-refractivity contribution in [2.75, 3.05) is 39.7 Å². The number of benzene rings is 2. The van der Waals surface area contributed by atoms with E-state index in [1.807, 2.05) is 36.4 Å². The van der Waals surface area contributed by atoms with Gasteiger partial charge in [0.2, 0.25) is 0 Å². The molecule has 4 aromatic rings. The summed E-state index contributed by atoms with van der Waals surface area (Å²) in [4.78, 5) is 20.2. The molecule has 0 radical (unpaired) electrons. The maximum atomic E-state index is 10.9. The van der Waals surface area contributed by atoms with Gasteiger partial charge in [-0.15, -0.1) is 0 Å². The molecule has 0 amide bonds. The van der Waals surface area contributed by atoms with Crippen LogP contribution >= 0.6 is 0 Å². The molecule has 190 valence electrons. The number of hydrogen-bond acceptors (Lipinski definition) is 8. The third-order valence-electron chi connectivity index (χ3n) is 5.89. The van der Waals surface area contributed by atoms with Gasteiger partial charge in [0.1, 0.15) is 11.3 Å². The molecule has 0 unspecified atom stereocenters. The minimum Gasteiger partial charge on any atom is -0.493 e. The Hall–Kier alpha value is -3.89. The number of nitrogens with two attached hydrogens (primary N) is 1. The van der Waals surface area contributed by atoms with Crippen LogP contribution in [0.3, 0.4) is 0 Å². The molecule has 4 N–H and O–H groups in total. The van der Waals surface area contributed by atoms with Gasteiger partial charge in [0.25, 0.3) is 0 Å². The molecule has 0 aliphatic carbocycles. The van der Waals surface area contributed by atoms with E-state index >= 15 is 0 Å². The zero-order valence-corrected chi connectivity index (χ0v) is 20.5. The maximum Gasteiger partial charge on any atom is 0.341 e. The van der Waals surface area contributed by atoms with Gasteiger partial charge in [0.05, 0.1) is 24.8 Å². The summed E-state index contributed by atoms with van der Waals surface area (Å²) < 4.78 is 18.3. The van der Waals surface area contributed by atoms with Gasteiger partial charge < -0.3 is 34.9 Å². The number of nitrogens with zero attached hydrogens (tertiary/aromatic N) is 3. The lowest BCUT2D eigenvalue weighted by molar-refractivity contribution is -0.139. The van der Waals surface area contributed by atoms with Gasteiger partial charge in [-0.25, -0.2) is 14.8 Å². The van der Waals surface area contributed by atoms with Gasteiger partial charge in [-0.05, 0) is 25.1 Å². The fraction of sp³-hybridized carbons (Fsp3) is 0.346. The molecule has 36 heavy (non-hydrogen) atoms. The molecular weight excluding hydrogens is 462 g/mol. The molecule has 0 aliphatic rings. The Morgan fingerprint density at radius 1 is 1.14 bits per heavy atom. The molecule has 0 saturated carbocycles. The molecule has 0 fully saturated rings. The molecular formula is C26H31N5O5. The zero-order chi connectivity index (χ0) is 25.5. The molecule has 0 aliphatic heterocycles. The molecule has 0 spiro atoms. The van der Waals surface area contributed by atoms with Crippen LogP contribution in [-0.4, -0.2) is 59.6 Å². The number of ether oxygens (including phenoxy) is 3. The quantitative estimate of drug-likeness (QED) is 0.240. The number of fused-ring (bicyclic) bond motifs is 3. The van der Waals surface area contributed by atoms with Crippen LogP contribution in [0, 0.1) is 0 Å². The minimum absolute atomic E-state index is 0.407. The number of aromatic nitrogens is 3. The number of nitrogen functional groups attached to an aromatic ring is 1. The number of aryl methyl sites for hydroxylation is 1. The second-order valence-corrected chi connectivity index (χ2v) is 8.30. The topological polar surface area (TPSA) is 134 Å². The molecule has 10 heteroatoms. The Balaban J connectivity index is 1.48. The van der Waals surface area contributed by atoms with Crippen molar-refractivity contribution in [1.82, 2.24) is 19.9 Å². The first-order chi connectivity index (χ1) is 17.5. The summed E-state index contributed by atoms with van der Waals surface area (Å²) in [6.07, 6.45) is 1.52. The van der Waals surface area contributed by atoms with Crippen LogP contribution < -0.4 is 20.5 Å². The highest BCUT2D eigenvalue weighted by atomic mass is 16.5. The summed E-state index contributed by atoms with van der Waals surface area (Å²) in [5.41, 5.74) is 9.71. The Labute approximate surface area is 209 Å². The third-order valence-corrected chi connectivity index (χ3v) is 5.89. The smallest absolute Gasteiger partial charge is 0.341 e. The minimum atomic E-state index is -1.04. The predicted octanol–water partition coefficient (Wildman–Crippen LogP) is 3.01. The van der Waals surface area contributed by atoms with Crippen molar-refractivity contribution in [1.29, 1.82) is 0 Å². The number of carbonyl (C=O) groups is 1. The van der Waals surface area contributed by atoms with Gasteiger partial charge in [-0.2, -0.15) is 0 Å². The van der Waals surface area contributed by atoms with Crippen LogP contribution in [0.15, 0.2) is 42.5 Å². The summed E-state index contributed by atoms with van der Waals surface area (Å²) in [6, 6.07) is 13.4. The van der Waals surface area contributed by atoms with Crippen molar-refractivity contribution < 1.29 is 24.1 Å². The van der Waals surface area contributed by atoms with E-state index in [1.54, 1.807) is 20.3 Å². The maximum absolute atomic E-state index is 10.9. The molecule has 10 nitrogen and oxygen atoms in total. The standard InChI is InChI=1S/C26H31N5O5/c1-34-14-11-21-30-23-24(18-8-3-4-9-19(18)29-26(23)27)31(21)13-6-12-28-15-17-7-5-10-20(25(17)35-2)36-16-22(32)33/h3-5,7-10,28H,6,11-16H2,1-2H3,(H2,27,29)(H,32,33). The number of imidazole rings is 1. The Morgan fingerprint density at radius 3 is 2.75 bits per heavy atom. The summed E-state index contributed by atoms with van der Waals surface area (Å²) in [6.45, 7) is 2.17. The number of carboxylic acids is 1. The average Bonchev–Trinajstić information content (AvgIpc) is 3.25. The molecule has 0 bridgehead atoms. The van der Waals surface area contributed by atoms with E-state index in [9.17, 15) is 4.79 Å². The predicted molar refractivity (Wildman–Crippen MR) is 137 cm³/mol. The number of hydrogen-bond donors (Lipinski definition) is 3. The zero-order valence-electron chi connectivity index (χ0n) is 20.5. The number of rotatable bonds is 13. The number of aliphatic carboxylic acids is 1. The average molecular weight is 494 g/mol. The van der Waals surface area contributed by atoms with E-state index < -0.39 is 12.6 Å². The molecule has 0 saturated heterocycles. The highest BCUT2D eigenvalue weighted by Gasteiger charge is 2.17. The Bertz CT molecular complexity index is 1350. The number of nitrogens with one attached hydrogen (secondary N) is 1. The van der Waals surface area contributed by atoms with Crippen molar-refractivity contribution in [3.8, 4) is 11.5 Å². The summed E-state index contributed by atoms with van der Waals surface area (Å²) in [7, 11) is 3.22. The highest BCUT2D eigenvalue weighted by Crippen LogP contribution is 2.31. The van der Waals surface area contributed by atoms with E-state index in [0.29, 0.717) is 36.9 Å². The summed E-state index contributed by atoms with van der Waals surface area (Å²) >= 11 is 0. The summed E-state index contributed by atoms with van der Waals surface area (Å²) in [5, 5.41) is 13.4. The van der Waals surface area contributed by atoms with Crippen LogP contribution in [0.5, 0.6) is 11.5 Å². The van der Waals surface area contributed by atoms with Crippen LogP contribution in [0.4, 0.5) is 5.82 Å². The van der Waals surface area contributed by atoms with E-state index in [4.69, 9.17) is 30.0 Å². The number of anilines is 1. The van der Waals surface area contributed by atoms with Gasteiger partial charge in [-0.3, -0.25) is 0 Å². The second kappa shape index (κ2) is 11.7. The molecule has 0 atom stereocenters. The number of para-hydroxylation sites is 2. The SMILES string of the molecule is COCCc1nc2c(N)nc3ccccc3c2n1CCCNCc1cccc(OCC(=O)O)c1OC. The number of carboxylic acid groups (broad SMARTS) is 1.